The lowest BCUT2D eigenvalue weighted by molar-refractivity contribution is -0.150. The van der Waals surface area contributed by atoms with E-state index in [1.165, 1.54) is 16.7 Å². The van der Waals surface area contributed by atoms with Crippen LogP contribution in [0.15, 0.2) is 43.0 Å². The van der Waals surface area contributed by atoms with Crippen molar-refractivity contribution in [3.63, 3.8) is 0 Å². The molecular formula is C25H32N2O5S. The number of fused-ring (bicyclic) bond motifs is 1. The summed E-state index contributed by atoms with van der Waals surface area (Å²) in [7, 11) is 0. The van der Waals surface area contributed by atoms with Crippen molar-refractivity contribution in [1.82, 2.24) is 9.80 Å². The lowest BCUT2D eigenvalue weighted by atomic mass is 9.71. The molecule has 0 aromatic heterocycles. The molecule has 1 aromatic rings. The Balaban J connectivity index is 1.81. The molecule has 3 fully saturated rings. The molecule has 1 aromatic carbocycles. The van der Waals surface area contributed by atoms with Gasteiger partial charge in [0, 0.05) is 18.3 Å². The Morgan fingerprint density at radius 2 is 2.09 bits per heavy atom. The van der Waals surface area contributed by atoms with Crippen LogP contribution >= 0.6 is 11.8 Å². The first-order valence-corrected chi connectivity index (χ1v) is 12.6. The van der Waals surface area contributed by atoms with E-state index in [1.807, 2.05) is 30.3 Å². The summed E-state index contributed by atoms with van der Waals surface area (Å²) >= 11 is 1.51. The fraction of sp³-hybridized carbons (Fsp3) is 0.560. The molecule has 3 heterocycles. The molecule has 2 unspecified atom stereocenters. The third-order valence-corrected chi connectivity index (χ3v) is 9.34. The summed E-state index contributed by atoms with van der Waals surface area (Å²) in [6, 6.07) is 7.66. The SMILES string of the molecule is C=CCN(CCCC)C(=O)C1N([C@H](CO)c2ccccc2)C(=O)[C@@H]2[C@H](C(=O)O)[C@@H]3CCC12S3. The molecule has 7 nitrogen and oxygen atoms in total. The number of carbonyl (C=O) groups is 3. The molecule has 178 valence electrons. The average molecular weight is 473 g/mol. The first-order chi connectivity index (χ1) is 15.9. The highest BCUT2D eigenvalue weighted by molar-refractivity contribution is 8.02. The van der Waals surface area contributed by atoms with E-state index in [4.69, 9.17) is 0 Å². The number of likely N-dealkylation sites (tertiary alicyclic amines) is 1. The van der Waals surface area contributed by atoms with Gasteiger partial charge in [0.25, 0.3) is 0 Å². The maximum Gasteiger partial charge on any atom is 0.308 e. The van der Waals surface area contributed by atoms with Crippen LogP contribution in [-0.4, -0.2) is 73.5 Å². The first kappa shape index (κ1) is 23.8. The molecule has 1 spiro atoms. The zero-order chi connectivity index (χ0) is 23.8. The molecule has 3 aliphatic rings. The summed E-state index contributed by atoms with van der Waals surface area (Å²) in [6.45, 7) is 6.43. The molecule has 3 aliphatic heterocycles. The largest absolute Gasteiger partial charge is 0.481 e. The molecule has 0 radical (unpaired) electrons. The predicted octanol–water partition coefficient (Wildman–Crippen LogP) is 2.71. The van der Waals surface area contributed by atoms with E-state index >= 15 is 0 Å². The highest BCUT2D eigenvalue weighted by atomic mass is 32.2. The number of benzene rings is 1. The van der Waals surface area contributed by atoms with Crippen LogP contribution in [0.4, 0.5) is 0 Å². The molecule has 2 amide bonds. The number of carboxylic acid groups (broad SMARTS) is 1. The molecule has 33 heavy (non-hydrogen) atoms. The van der Waals surface area contributed by atoms with Gasteiger partial charge < -0.3 is 20.0 Å². The summed E-state index contributed by atoms with van der Waals surface area (Å²) in [5, 5.41) is 20.2. The van der Waals surface area contributed by atoms with Gasteiger partial charge in [0.05, 0.1) is 29.2 Å². The van der Waals surface area contributed by atoms with Crippen molar-refractivity contribution in [2.45, 2.75) is 54.7 Å². The average Bonchev–Trinajstić information content (AvgIpc) is 3.45. The number of carbonyl (C=O) groups excluding carboxylic acids is 2. The van der Waals surface area contributed by atoms with E-state index < -0.39 is 34.6 Å². The van der Waals surface area contributed by atoms with Crippen molar-refractivity contribution in [2.75, 3.05) is 19.7 Å². The molecule has 3 saturated heterocycles. The van der Waals surface area contributed by atoms with Crippen LogP contribution in [0.25, 0.3) is 0 Å². The Morgan fingerprint density at radius 1 is 1.36 bits per heavy atom. The number of amides is 2. The fourth-order valence-electron chi connectivity index (χ4n) is 5.99. The minimum atomic E-state index is -0.977. The van der Waals surface area contributed by atoms with E-state index in [1.54, 1.807) is 11.0 Å². The monoisotopic (exact) mass is 472 g/mol. The molecule has 2 N–H and O–H groups in total. The number of nitrogens with zero attached hydrogens (tertiary/aromatic N) is 2. The van der Waals surface area contributed by atoms with Gasteiger partial charge in [-0.2, -0.15) is 0 Å². The molecule has 6 atom stereocenters. The number of unbranched alkanes of at least 4 members (excludes halogenated alkanes) is 1. The molecule has 8 heteroatoms. The van der Waals surface area contributed by atoms with E-state index in [-0.39, 0.29) is 23.7 Å². The molecule has 0 saturated carbocycles. The number of hydrogen-bond donors (Lipinski definition) is 2. The lowest BCUT2D eigenvalue weighted by Crippen LogP contribution is -2.55. The van der Waals surface area contributed by atoms with Crippen molar-refractivity contribution in [3.8, 4) is 0 Å². The Hall–Kier alpha value is -2.32. The van der Waals surface area contributed by atoms with Crippen molar-refractivity contribution in [1.29, 1.82) is 0 Å². The van der Waals surface area contributed by atoms with Crippen molar-refractivity contribution in [2.24, 2.45) is 11.8 Å². The Labute approximate surface area is 198 Å². The van der Waals surface area contributed by atoms with Crippen molar-refractivity contribution < 1.29 is 24.6 Å². The standard InChI is InChI=1S/C25H32N2O5S/c1-3-5-14-26(13-4-2)23(30)21-25-12-11-18(33-25)19(24(31)32)20(25)22(29)27(21)17(15-28)16-9-7-6-8-10-16/h4,6-10,17-21,28H,2-3,5,11-15H2,1H3,(H,31,32)/t17-,18+,19-,20+,21?,25?/m1/s1. The van der Waals surface area contributed by atoms with Gasteiger partial charge >= 0.3 is 5.97 Å². The number of hydrogen-bond acceptors (Lipinski definition) is 5. The minimum Gasteiger partial charge on any atom is -0.481 e. The quantitative estimate of drug-likeness (QED) is 0.508. The van der Waals surface area contributed by atoms with Crippen LogP contribution < -0.4 is 0 Å². The first-order valence-electron chi connectivity index (χ1n) is 11.7. The molecular weight excluding hydrogens is 440 g/mol. The van der Waals surface area contributed by atoms with Gasteiger partial charge in [-0.25, -0.2) is 0 Å². The summed E-state index contributed by atoms with van der Waals surface area (Å²) < 4.78 is -0.782. The van der Waals surface area contributed by atoms with Crippen molar-refractivity contribution >= 4 is 29.5 Å². The summed E-state index contributed by atoms with van der Waals surface area (Å²) in [5.41, 5.74) is 0.734. The smallest absolute Gasteiger partial charge is 0.308 e. The summed E-state index contributed by atoms with van der Waals surface area (Å²) in [6.07, 6.45) is 4.73. The number of aliphatic carboxylic acids is 1. The van der Waals surface area contributed by atoms with Crippen molar-refractivity contribution in [3.05, 3.63) is 48.6 Å². The number of carboxylic acids is 1. The van der Waals surface area contributed by atoms with Crippen LogP contribution in [0.2, 0.25) is 0 Å². The highest BCUT2D eigenvalue weighted by Gasteiger charge is 2.74. The maximum atomic E-state index is 14.1. The van der Waals surface area contributed by atoms with Gasteiger partial charge in [-0.05, 0) is 24.8 Å². The van der Waals surface area contributed by atoms with Crippen LogP contribution in [0.1, 0.15) is 44.2 Å². The van der Waals surface area contributed by atoms with E-state index in [0.29, 0.717) is 25.9 Å². The topological polar surface area (TPSA) is 98.2 Å². The van der Waals surface area contributed by atoms with Gasteiger partial charge in [-0.3, -0.25) is 14.4 Å². The third kappa shape index (κ3) is 3.77. The van der Waals surface area contributed by atoms with Gasteiger partial charge in [-0.1, -0.05) is 49.8 Å². The molecule has 0 aliphatic carbocycles. The number of aliphatic hydroxyl groups is 1. The third-order valence-electron chi connectivity index (χ3n) is 7.39. The zero-order valence-electron chi connectivity index (χ0n) is 18.9. The summed E-state index contributed by atoms with van der Waals surface area (Å²) in [4.78, 5) is 43.5. The Kier molecular flexibility index (Phi) is 6.86. The Bertz CT molecular complexity index is 925. The number of rotatable bonds is 10. The van der Waals surface area contributed by atoms with Gasteiger partial charge in [0.2, 0.25) is 11.8 Å². The second-order valence-corrected chi connectivity index (χ2v) is 10.8. The predicted molar refractivity (Wildman–Crippen MR) is 127 cm³/mol. The van der Waals surface area contributed by atoms with Crippen LogP contribution in [-0.2, 0) is 14.4 Å². The van der Waals surface area contributed by atoms with Gasteiger partial charge in [-0.15, -0.1) is 18.3 Å². The van der Waals surface area contributed by atoms with E-state index in [0.717, 1.165) is 18.4 Å². The maximum absolute atomic E-state index is 14.1. The summed E-state index contributed by atoms with van der Waals surface area (Å²) in [5.74, 6) is -3.05. The van der Waals surface area contributed by atoms with Gasteiger partial charge in [0.15, 0.2) is 0 Å². The number of aliphatic hydroxyl groups excluding tert-OH is 1. The van der Waals surface area contributed by atoms with Crippen LogP contribution in [0, 0.1) is 11.8 Å². The number of thioether (sulfide) groups is 1. The fourth-order valence-corrected chi connectivity index (χ4v) is 8.18. The van der Waals surface area contributed by atoms with Crippen LogP contribution in [0.3, 0.4) is 0 Å². The second kappa shape index (κ2) is 9.50. The highest BCUT2D eigenvalue weighted by Crippen LogP contribution is 2.67. The van der Waals surface area contributed by atoms with Crippen LogP contribution in [0.5, 0.6) is 0 Å². The minimum absolute atomic E-state index is 0.165. The second-order valence-electron chi connectivity index (χ2n) is 9.18. The van der Waals surface area contributed by atoms with Gasteiger partial charge in [0.1, 0.15) is 6.04 Å². The lowest BCUT2D eigenvalue weighted by Gasteiger charge is -2.39. The molecule has 2 bridgehead atoms. The normalized spacial score (nSPS) is 30.8. The molecule has 4 rings (SSSR count). The van der Waals surface area contributed by atoms with E-state index in [2.05, 4.69) is 13.5 Å². The van der Waals surface area contributed by atoms with E-state index in [9.17, 15) is 24.6 Å². The zero-order valence-corrected chi connectivity index (χ0v) is 19.7. The Morgan fingerprint density at radius 3 is 2.70 bits per heavy atom.